The number of benzene rings is 1. The fraction of sp³-hybridized carbons (Fsp3) is 0.333. The van der Waals surface area contributed by atoms with Gasteiger partial charge < -0.3 is 16.4 Å². The van der Waals surface area contributed by atoms with Gasteiger partial charge in [-0.1, -0.05) is 0 Å². The first kappa shape index (κ1) is 13.8. The van der Waals surface area contributed by atoms with Crippen molar-refractivity contribution in [3.05, 3.63) is 33.9 Å². The molecule has 2 amide bonds. The molecule has 0 bridgehead atoms. The van der Waals surface area contributed by atoms with E-state index in [-0.39, 0.29) is 35.4 Å². The molecule has 0 aromatic heterocycles. The van der Waals surface area contributed by atoms with Crippen molar-refractivity contribution in [3.63, 3.8) is 0 Å². The number of anilines is 1. The maximum Gasteiger partial charge on any atom is 0.282 e. The minimum absolute atomic E-state index is 0.158. The summed E-state index contributed by atoms with van der Waals surface area (Å²) in [6, 6.07) is 3.91. The smallest absolute Gasteiger partial charge is 0.282 e. The molecule has 0 unspecified atom stereocenters. The zero-order valence-corrected chi connectivity index (χ0v) is 10.6. The van der Waals surface area contributed by atoms with Crippen LogP contribution in [0.15, 0.2) is 18.2 Å². The molecule has 0 spiro atoms. The van der Waals surface area contributed by atoms with Crippen LogP contribution in [0.1, 0.15) is 23.2 Å². The van der Waals surface area contributed by atoms with Gasteiger partial charge in [-0.3, -0.25) is 19.7 Å². The highest BCUT2D eigenvalue weighted by Crippen LogP contribution is 2.21. The van der Waals surface area contributed by atoms with Crippen LogP contribution in [-0.2, 0) is 4.79 Å². The molecule has 2 rings (SSSR count). The molecule has 0 aliphatic heterocycles. The summed E-state index contributed by atoms with van der Waals surface area (Å²) < 4.78 is 0. The lowest BCUT2D eigenvalue weighted by Crippen LogP contribution is -2.38. The predicted molar refractivity (Wildman–Crippen MR) is 71.0 cm³/mol. The van der Waals surface area contributed by atoms with Crippen molar-refractivity contribution >= 4 is 23.2 Å². The molecule has 4 N–H and O–H groups in total. The van der Waals surface area contributed by atoms with E-state index in [1.807, 2.05) is 0 Å². The number of hydrogen-bond acceptors (Lipinski definition) is 5. The minimum atomic E-state index is -0.699. The fourth-order valence-electron chi connectivity index (χ4n) is 1.66. The zero-order chi connectivity index (χ0) is 14.7. The number of carbonyl (C=O) groups is 2. The van der Waals surface area contributed by atoms with Crippen LogP contribution in [0.4, 0.5) is 11.4 Å². The first-order chi connectivity index (χ1) is 9.47. The van der Waals surface area contributed by atoms with Crippen molar-refractivity contribution in [1.29, 1.82) is 0 Å². The van der Waals surface area contributed by atoms with Gasteiger partial charge in [-0.25, -0.2) is 0 Å². The molecule has 1 aromatic carbocycles. The normalized spacial score (nSPS) is 13.6. The van der Waals surface area contributed by atoms with Crippen LogP contribution in [0.2, 0.25) is 0 Å². The van der Waals surface area contributed by atoms with Gasteiger partial charge in [0.05, 0.1) is 11.5 Å². The summed E-state index contributed by atoms with van der Waals surface area (Å²) in [5.41, 5.74) is 5.25. The number of amides is 2. The van der Waals surface area contributed by atoms with E-state index in [9.17, 15) is 19.7 Å². The van der Waals surface area contributed by atoms with Gasteiger partial charge in [-0.05, 0) is 25.0 Å². The second kappa shape index (κ2) is 5.55. The third-order valence-corrected chi connectivity index (χ3v) is 2.81. The molecule has 8 nitrogen and oxygen atoms in total. The largest absolute Gasteiger partial charge is 0.399 e. The Morgan fingerprint density at radius 2 is 2.10 bits per heavy atom. The molecule has 0 atom stereocenters. The van der Waals surface area contributed by atoms with Crippen molar-refractivity contribution in [2.24, 2.45) is 0 Å². The first-order valence-electron chi connectivity index (χ1n) is 6.09. The van der Waals surface area contributed by atoms with Crippen molar-refractivity contribution in [3.8, 4) is 0 Å². The molecule has 1 saturated carbocycles. The van der Waals surface area contributed by atoms with Crippen LogP contribution in [0, 0.1) is 10.1 Å². The lowest BCUT2D eigenvalue weighted by Gasteiger charge is -2.07. The maximum atomic E-state index is 11.9. The van der Waals surface area contributed by atoms with Gasteiger partial charge >= 0.3 is 0 Å². The van der Waals surface area contributed by atoms with Crippen LogP contribution in [0.25, 0.3) is 0 Å². The Labute approximate surface area is 114 Å². The van der Waals surface area contributed by atoms with Gasteiger partial charge in [0.15, 0.2) is 0 Å². The van der Waals surface area contributed by atoms with Gasteiger partial charge in [0, 0.05) is 17.8 Å². The van der Waals surface area contributed by atoms with Gasteiger partial charge in [-0.2, -0.15) is 0 Å². The molecule has 106 valence electrons. The summed E-state index contributed by atoms with van der Waals surface area (Å²) in [6.07, 6.45) is 1.89. The summed E-state index contributed by atoms with van der Waals surface area (Å²) in [7, 11) is 0. The quantitative estimate of drug-likeness (QED) is 0.402. The van der Waals surface area contributed by atoms with E-state index in [0.717, 1.165) is 18.9 Å². The highest BCUT2D eigenvalue weighted by molar-refractivity contribution is 6.00. The number of hydrogen-bond donors (Lipinski definition) is 3. The van der Waals surface area contributed by atoms with Crippen molar-refractivity contribution in [2.75, 3.05) is 12.3 Å². The molecule has 0 heterocycles. The third kappa shape index (κ3) is 3.44. The molecule has 0 radical (unpaired) electrons. The second-order valence-electron chi connectivity index (χ2n) is 4.56. The third-order valence-electron chi connectivity index (χ3n) is 2.81. The van der Waals surface area contributed by atoms with E-state index in [1.165, 1.54) is 12.1 Å². The molecule has 8 heteroatoms. The summed E-state index contributed by atoms with van der Waals surface area (Å²) in [6.45, 7) is -0.221. The van der Waals surface area contributed by atoms with E-state index in [4.69, 9.17) is 5.73 Å². The van der Waals surface area contributed by atoms with E-state index < -0.39 is 10.8 Å². The molecule has 0 saturated heterocycles. The van der Waals surface area contributed by atoms with E-state index >= 15 is 0 Å². The highest BCUT2D eigenvalue weighted by atomic mass is 16.6. The van der Waals surface area contributed by atoms with E-state index in [1.54, 1.807) is 0 Å². The summed E-state index contributed by atoms with van der Waals surface area (Å²) in [4.78, 5) is 33.5. The van der Waals surface area contributed by atoms with Gasteiger partial charge in [0.2, 0.25) is 5.91 Å². The lowest BCUT2D eigenvalue weighted by molar-refractivity contribution is -0.385. The Morgan fingerprint density at radius 3 is 2.70 bits per heavy atom. The number of nitrogen functional groups attached to an aromatic ring is 1. The first-order valence-corrected chi connectivity index (χ1v) is 6.09. The Kier molecular flexibility index (Phi) is 3.83. The van der Waals surface area contributed by atoms with Crippen LogP contribution in [-0.4, -0.2) is 29.3 Å². The molecule has 20 heavy (non-hydrogen) atoms. The summed E-state index contributed by atoms with van der Waals surface area (Å²) in [5, 5.41) is 15.9. The SMILES string of the molecule is Nc1ccc([N+](=O)[O-])c(C(=O)NCC(=O)NC2CC2)c1. The van der Waals surface area contributed by atoms with Crippen LogP contribution in [0.5, 0.6) is 0 Å². The monoisotopic (exact) mass is 278 g/mol. The van der Waals surface area contributed by atoms with Gasteiger partial charge in [0.1, 0.15) is 5.56 Å². The topological polar surface area (TPSA) is 127 Å². The summed E-state index contributed by atoms with van der Waals surface area (Å²) in [5.74, 6) is -1.01. The molecular formula is C12H14N4O4. The molecule has 1 aliphatic carbocycles. The van der Waals surface area contributed by atoms with Crippen molar-refractivity contribution in [1.82, 2.24) is 10.6 Å². The number of nitrogens with two attached hydrogens (primary N) is 1. The Morgan fingerprint density at radius 1 is 1.40 bits per heavy atom. The average molecular weight is 278 g/mol. The molecule has 1 aliphatic rings. The van der Waals surface area contributed by atoms with Crippen LogP contribution < -0.4 is 16.4 Å². The number of nitrogens with one attached hydrogen (secondary N) is 2. The maximum absolute atomic E-state index is 11.9. The Bertz CT molecular complexity index is 569. The predicted octanol–water partition coefficient (Wildman–Crippen LogP) is 0.185. The fourth-order valence-corrected chi connectivity index (χ4v) is 1.66. The van der Waals surface area contributed by atoms with Crippen molar-refractivity contribution in [2.45, 2.75) is 18.9 Å². The number of nitro groups is 1. The minimum Gasteiger partial charge on any atom is -0.399 e. The Balaban J connectivity index is 2.02. The van der Waals surface area contributed by atoms with Crippen LogP contribution in [0.3, 0.4) is 0 Å². The average Bonchev–Trinajstić information content (AvgIpc) is 3.19. The standard InChI is InChI=1S/C12H14N4O4/c13-7-1-4-10(16(19)20)9(5-7)12(18)14-6-11(17)15-8-2-3-8/h1,4-5,8H,2-3,6,13H2,(H,14,18)(H,15,17). The highest BCUT2D eigenvalue weighted by Gasteiger charge is 2.24. The number of rotatable bonds is 5. The number of carbonyl (C=O) groups excluding carboxylic acids is 2. The number of nitrogens with zero attached hydrogens (tertiary/aromatic N) is 1. The zero-order valence-electron chi connectivity index (χ0n) is 10.6. The van der Waals surface area contributed by atoms with E-state index in [0.29, 0.717) is 0 Å². The Hall–Kier alpha value is -2.64. The second-order valence-corrected chi connectivity index (χ2v) is 4.56. The molecule has 1 fully saturated rings. The lowest BCUT2D eigenvalue weighted by atomic mass is 10.1. The van der Waals surface area contributed by atoms with Crippen molar-refractivity contribution < 1.29 is 14.5 Å². The molecule has 1 aromatic rings. The molecular weight excluding hydrogens is 264 g/mol. The van der Waals surface area contributed by atoms with Gasteiger partial charge in [-0.15, -0.1) is 0 Å². The summed E-state index contributed by atoms with van der Waals surface area (Å²) >= 11 is 0. The van der Waals surface area contributed by atoms with E-state index in [2.05, 4.69) is 10.6 Å². The number of nitro benzene ring substituents is 1. The van der Waals surface area contributed by atoms with Crippen LogP contribution >= 0.6 is 0 Å². The van der Waals surface area contributed by atoms with Gasteiger partial charge in [0.25, 0.3) is 11.6 Å².